The standard InChI is InChI=1S/C15H18ClN3O2/c1-10(13-7-4-8-20-13)17-9-14-18-19-15(21-14)11-5-2-3-6-12(11)16/h2-3,5-6,10,13,17H,4,7-9H2,1H3/t10-,13+/m1/s1. The Bertz CT molecular complexity index is 596. The molecule has 0 radical (unpaired) electrons. The van der Waals surface area contributed by atoms with Gasteiger partial charge in [0.1, 0.15) is 0 Å². The van der Waals surface area contributed by atoms with E-state index in [9.17, 15) is 0 Å². The highest BCUT2D eigenvalue weighted by Gasteiger charge is 2.22. The normalized spacial score (nSPS) is 19.8. The molecule has 2 aromatic rings. The van der Waals surface area contributed by atoms with Crippen molar-refractivity contribution >= 4 is 11.6 Å². The second kappa shape index (κ2) is 6.56. The van der Waals surface area contributed by atoms with Crippen LogP contribution in [0.4, 0.5) is 0 Å². The van der Waals surface area contributed by atoms with Gasteiger partial charge in [0, 0.05) is 12.6 Å². The summed E-state index contributed by atoms with van der Waals surface area (Å²) in [5.41, 5.74) is 0.755. The van der Waals surface area contributed by atoms with Crippen molar-refractivity contribution in [1.29, 1.82) is 0 Å². The summed E-state index contributed by atoms with van der Waals surface area (Å²) in [5.74, 6) is 0.997. The lowest BCUT2D eigenvalue weighted by Gasteiger charge is -2.18. The van der Waals surface area contributed by atoms with Gasteiger partial charge in [0.15, 0.2) is 0 Å². The molecule has 5 nitrogen and oxygen atoms in total. The Morgan fingerprint density at radius 1 is 1.38 bits per heavy atom. The molecule has 0 spiro atoms. The minimum absolute atomic E-state index is 0.267. The number of nitrogens with zero attached hydrogens (tertiary/aromatic N) is 2. The number of hydrogen-bond donors (Lipinski definition) is 1. The van der Waals surface area contributed by atoms with Crippen LogP contribution in [0, 0.1) is 0 Å². The summed E-state index contributed by atoms with van der Waals surface area (Å²) in [5, 5.41) is 12.1. The van der Waals surface area contributed by atoms with Crippen LogP contribution in [-0.2, 0) is 11.3 Å². The molecular weight excluding hydrogens is 290 g/mol. The predicted molar refractivity (Wildman–Crippen MR) is 80.0 cm³/mol. The van der Waals surface area contributed by atoms with E-state index in [-0.39, 0.29) is 12.1 Å². The molecule has 0 bridgehead atoms. The Labute approximate surface area is 128 Å². The average Bonchev–Trinajstić information content (AvgIpc) is 3.17. The van der Waals surface area contributed by atoms with E-state index in [1.54, 1.807) is 6.07 Å². The molecule has 1 aromatic heterocycles. The Morgan fingerprint density at radius 3 is 3.00 bits per heavy atom. The smallest absolute Gasteiger partial charge is 0.249 e. The van der Waals surface area contributed by atoms with Gasteiger partial charge in [-0.1, -0.05) is 23.7 Å². The van der Waals surface area contributed by atoms with Crippen LogP contribution in [0.1, 0.15) is 25.7 Å². The van der Waals surface area contributed by atoms with Crippen molar-refractivity contribution in [2.45, 2.75) is 38.5 Å². The first-order chi connectivity index (χ1) is 10.2. The molecule has 0 unspecified atom stereocenters. The van der Waals surface area contributed by atoms with Gasteiger partial charge in [-0.15, -0.1) is 10.2 Å². The number of benzene rings is 1. The number of nitrogens with one attached hydrogen (secondary N) is 1. The van der Waals surface area contributed by atoms with Gasteiger partial charge in [0.2, 0.25) is 11.8 Å². The van der Waals surface area contributed by atoms with Gasteiger partial charge in [0.05, 0.1) is 23.2 Å². The Hall–Kier alpha value is -1.43. The first-order valence-electron chi connectivity index (χ1n) is 7.16. The van der Waals surface area contributed by atoms with Crippen molar-refractivity contribution < 1.29 is 9.15 Å². The fourth-order valence-electron chi connectivity index (χ4n) is 2.45. The lowest BCUT2D eigenvalue weighted by Crippen LogP contribution is -2.36. The first kappa shape index (κ1) is 14.5. The minimum Gasteiger partial charge on any atom is -0.419 e. The molecule has 6 heteroatoms. The van der Waals surface area contributed by atoms with Crippen LogP contribution in [0.5, 0.6) is 0 Å². The van der Waals surface area contributed by atoms with Gasteiger partial charge in [-0.3, -0.25) is 0 Å². The van der Waals surface area contributed by atoms with Crippen molar-refractivity contribution in [1.82, 2.24) is 15.5 Å². The van der Waals surface area contributed by atoms with Crippen LogP contribution in [0.3, 0.4) is 0 Å². The maximum Gasteiger partial charge on any atom is 0.249 e. The van der Waals surface area contributed by atoms with E-state index in [2.05, 4.69) is 22.4 Å². The Morgan fingerprint density at radius 2 is 2.24 bits per heavy atom. The molecule has 1 aliphatic rings. The summed E-state index contributed by atoms with van der Waals surface area (Å²) < 4.78 is 11.3. The van der Waals surface area contributed by atoms with Crippen molar-refractivity contribution in [3.05, 3.63) is 35.2 Å². The maximum atomic E-state index is 6.12. The quantitative estimate of drug-likeness (QED) is 0.920. The van der Waals surface area contributed by atoms with E-state index in [4.69, 9.17) is 20.8 Å². The molecule has 112 valence electrons. The van der Waals surface area contributed by atoms with E-state index >= 15 is 0 Å². The fourth-order valence-corrected chi connectivity index (χ4v) is 2.66. The zero-order valence-electron chi connectivity index (χ0n) is 11.9. The molecule has 1 saturated heterocycles. The second-order valence-corrected chi connectivity index (χ2v) is 5.61. The highest BCUT2D eigenvalue weighted by molar-refractivity contribution is 6.33. The lowest BCUT2D eigenvalue weighted by atomic mass is 10.1. The van der Waals surface area contributed by atoms with Crippen LogP contribution < -0.4 is 5.32 Å². The predicted octanol–water partition coefficient (Wildman–Crippen LogP) is 3.05. The number of rotatable bonds is 5. The first-order valence-corrected chi connectivity index (χ1v) is 7.54. The highest BCUT2D eigenvalue weighted by Crippen LogP contribution is 2.26. The summed E-state index contributed by atoms with van der Waals surface area (Å²) in [6.45, 7) is 3.49. The van der Waals surface area contributed by atoms with Gasteiger partial charge < -0.3 is 14.5 Å². The van der Waals surface area contributed by atoms with Crippen molar-refractivity contribution in [2.75, 3.05) is 6.61 Å². The molecule has 2 heterocycles. The summed E-state index contributed by atoms with van der Waals surface area (Å²) in [7, 11) is 0. The van der Waals surface area contributed by atoms with Crippen LogP contribution >= 0.6 is 11.6 Å². The number of aromatic nitrogens is 2. The average molecular weight is 308 g/mol. The number of hydrogen-bond acceptors (Lipinski definition) is 5. The van der Waals surface area contributed by atoms with E-state index in [0.717, 1.165) is 25.0 Å². The Balaban J connectivity index is 1.61. The van der Waals surface area contributed by atoms with Crippen molar-refractivity contribution in [3.63, 3.8) is 0 Å². The number of halogens is 1. The lowest BCUT2D eigenvalue weighted by molar-refractivity contribution is 0.0824. The van der Waals surface area contributed by atoms with Crippen LogP contribution in [0.2, 0.25) is 5.02 Å². The summed E-state index contributed by atoms with van der Waals surface area (Å²) in [4.78, 5) is 0. The number of ether oxygens (including phenoxy) is 1. The Kier molecular flexibility index (Phi) is 4.53. The van der Waals surface area contributed by atoms with Gasteiger partial charge in [-0.2, -0.15) is 0 Å². The van der Waals surface area contributed by atoms with E-state index in [1.165, 1.54) is 0 Å². The maximum absolute atomic E-state index is 6.12. The summed E-state index contributed by atoms with van der Waals surface area (Å²) >= 11 is 6.12. The molecule has 21 heavy (non-hydrogen) atoms. The van der Waals surface area contributed by atoms with Crippen LogP contribution in [0.25, 0.3) is 11.5 Å². The summed E-state index contributed by atoms with van der Waals surface area (Å²) in [6.07, 6.45) is 2.51. The van der Waals surface area contributed by atoms with E-state index in [0.29, 0.717) is 23.3 Å². The third kappa shape index (κ3) is 3.43. The molecule has 1 aliphatic heterocycles. The second-order valence-electron chi connectivity index (χ2n) is 5.20. The summed E-state index contributed by atoms with van der Waals surface area (Å²) in [6, 6.07) is 7.69. The minimum atomic E-state index is 0.267. The van der Waals surface area contributed by atoms with Gasteiger partial charge in [0.25, 0.3) is 0 Å². The topological polar surface area (TPSA) is 60.2 Å². The van der Waals surface area contributed by atoms with E-state index < -0.39 is 0 Å². The van der Waals surface area contributed by atoms with Crippen LogP contribution in [-0.4, -0.2) is 29.0 Å². The van der Waals surface area contributed by atoms with E-state index in [1.807, 2.05) is 18.2 Å². The fraction of sp³-hybridized carbons (Fsp3) is 0.467. The third-order valence-corrected chi connectivity index (χ3v) is 4.00. The molecular formula is C15H18ClN3O2. The van der Waals surface area contributed by atoms with Gasteiger partial charge in [-0.25, -0.2) is 0 Å². The largest absolute Gasteiger partial charge is 0.419 e. The molecule has 1 aromatic carbocycles. The third-order valence-electron chi connectivity index (χ3n) is 3.67. The SMILES string of the molecule is C[C@@H](NCc1nnc(-c2ccccc2Cl)o1)[C@@H]1CCCO1. The molecule has 3 rings (SSSR count). The molecule has 0 saturated carbocycles. The molecule has 0 aliphatic carbocycles. The molecule has 1 N–H and O–H groups in total. The van der Waals surface area contributed by atoms with Gasteiger partial charge in [-0.05, 0) is 31.9 Å². The van der Waals surface area contributed by atoms with Crippen LogP contribution in [0.15, 0.2) is 28.7 Å². The molecule has 2 atom stereocenters. The zero-order valence-corrected chi connectivity index (χ0v) is 12.6. The van der Waals surface area contributed by atoms with Crippen molar-refractivity contribution in [2.24, 2.45) is 0 Å². The van der Waals surface area contributed by atoms with Crippen molar-refractivity contribution in [3.8, 4) is 11.5 Å². The highest BCUT2D eigenvalue weighted by atomic mass is 35.5. The molecule has 0 amide bonds. The zero-order chi connectivity index (χ0) is 14.7. The van der Waals surface area contributed by atoms with Gasteiger partial charge >= 0.3 is 0 Å². The monoisotopic (exact) mass is 307 g/mol. The molecule has 1 fully saturated rings.